The van der Waals surface area contributed by atoms with Gasteiger partial charge in [-0.1, -0.05) is 6.07 Å². The summed E-state index contributed by atoms with van der Waals surface area (Å²) >= 11 is 0. The molecule has 8 heteroatoms. The predicted molar refractivity (Wildman–Crippen MR) is 114 cm³/mol. The maximum atomic E-state index is 13.1. The standard InChI is InChI=1S/C23H20FN3O4/c1-30-20-10-5-16(13-21(20)31-2)22(28)27-19(12-15-4-3-11-25-14-15)23(29)26-18-8-6-17(24)7-9-18/h3-14H,1-2H3,(H,26,29)(H,27,28). The summed E-state index contributed by atoms with van der Waals surface area (Å²) < 4.78 is 23.5. The quantitative estimate of drug-likeness (QED) is 0.569. The van der Waals surface area contributed by atoms with E-state index in [1.165, 1.54) is 50.6 Å². The molecule has 2 aromatic carbocycles. The summed E-state index contributed by atoms with van der Waals surface area (Å²) in [7, 11) is 2.95. The number of methoxy groups -OCH3 is 2. The zero-order chi connectivity index (χ0) is 22.2. The van der Waals surface area contributed by atoms with Crippen LogP contribution in [0.15, 0.2) is 72.7 Å². The number of carbonyl (C=O) groups is 2. The van der Waals surface area contributed by atoms with Gasteiger partial charge in [0.05, 0.1) is 14.2 Å². The van der Waals surface area contributed by atoms with Crippen LogP contribution >= 0.6 is 0 Å². The molecule has 0 aliphatic rings. The van der Waals surface area contributed by atoms with Crippen LogP contribution in [-0.4, -0.2) is 31.0 Å². The van der Waals surface area contributed by atoms with Crippen LogP contribution in [0.5, 0.6) is 11.5 Å². The molecule has 0 atom stereocenters. The molecule has 7 nitrogen and oxygen atoms in total. The van der Waals surface area contributed by atoms with Gasteiger partial charge in [0.15, 0.2) is 11.5 Å². The minimum atomic E-state index is -0.579. The molecule has 2 amide bonds. The average Bonchev–Trinajstić information content (AvgIpc) is 2.80. The summed E-state index contributed by atoms with van der Waals surface area (Å²) in [6.07, 6.45) is 4.63. The second-order valence-electron chi connectivity index (χ2n) is 6.33. The summed E-state index contributed by atoms with van der Waals surface area (Å²) in [6, 6.07) is 13.4. The van der Waals surface area contributed by atoms with E-state index in [9.17, 15) is 14.0 Å². The molecule has 0 bridgehead atoms. The molecule has 1 heterocycles. The largest absolute Gasteiger partial charge is 0.493 e. The zero-order valence-corrected chi connectivity index (χ0v) is 16.9. The summed E-state index contributed by atoms with van der Waals surface area (Å²) in [5, 5.41) is 5.25. The fraction of sp³-hybridized carbons (Fsp3) is 0.0870. The van der Waals surface area contributed by atoms with Crippen LogP contribution in [0, 0.1) is 5.82 Å². The molecule has 0 radical (unpaired) electrons. The lowest BCUT2D eigenvalue weighted by atomic mass is 10.1. The Hall–Kier alpha value is -4.20. The van der Waals surface area contributed by atoms with Gasteiger partial charge in [-0.3, -0.25) is 14.6 Å². The van der Waals surface area contributed by atoms with Crippen molar-refractivity contribution in [3.8, 4) is 11.5 Å². The molecule has 31 heavy (non-hydrogen) atoms. The number of ether oxygens (including phenoxy) is 2. The third-order valence-electron chi connectivity index (χ3n) is 4.24. The minimum absolute atomic E-state index is 0.0166. The van der Waals surface area contributed by atoms with Crippen LogP contribution in [-0.2, 0) is 4.79 Å². The normalized spacial score (nSPS) is 10.9. The first kappa shape index (κ1) is 21.5. The summed E-state index contributed by atoms with van der Waals surface area (Å²) in [5.41, 5.74) is 1.24. The number of benzene rings is 2. The van der Waals surface area contributed by atoms with Crippen LogP contribution in [0.25, 0.3) is 6.08 Å². The van der Waals surface area contributed by atoms with Crippen LogP contribution in [0.3, 0.4) is 0 Å². The fourth-order valence-electron chi connectivity index (χ4n) is 2.69. The Morgan fingerprint density at radius 2 is 1.74 bits per heavy atom. The van der Waals surface area contributed by atoms with Crippen molar-refractivity contribution in [2.24, 2.45) is 0 Å². The van der Waals surface area contributed by atoms with Crippen molar-refractivity contribution >= 4 is 23.6 Å². The lowest BCUT2D eigenvalue weighted by Gasteiger charge is -2.13. The van der Waals surface area contributed by atoms with Gasteiger partial charge in [0, 0.05) is 23.6 Å². The third-order valence-corrected chi connectivity index (χ3v) is 4.24. The molecule has 2 N–H and O–H groups in total. The molecule has 3 aromatic rings. The first-order valence-electron chi connectivity index (χ1n) is 9.22. The predicted octanol–water partition coefficient (Wildman–Crippen LogP) is 3.65. The average molecular weight is 421 g/mol. The number of nitrogens with zero attached hydrogens (tertiary/aromatic N) is 1. The van der Waals surface area contributed by atoms with Crippen molar-refractivity contribution in [2.75, 3.05) is 19.5 Å². The highest BCUT2D eigenvalue weighted by Gasteiger charge is 2.17. The molecule has 0 fully saturated rings. The first-order valence-corrected chi connectivity index (χ1v) is 9.22. The fourth-order valence-corrected chi connectivity index (χ4v) is 2.69. The molecule has 1 aromatic heterocycles. The molecule has 0 aliphatic heterocycles. The third kappa shape index (κ3) is 5.66. The van der Waals surface area contributed by atoms with Gasteiger partial charge in [-0.25, -0.2) is 4.39 Å². The van der Waals surface area contributed by atoms with E-state index in [1.807, 2.05) is 0 Å². The van der Waals surface area contributed by atoms with E-state index in [0.29, 0.717) is 22.7 Å². The minimum Gasteiger partial charge on any atom is -0.493 e. The number of hydrogen-bond donors (Lipinski definition) is 2. The number of anilines is 1. The van der Waals surface area contributed by atoms with Crippen molar-refractivity contribution < 1.29 is 23.5 Å². The van der Waals surface area contributed by atoms with Crippen molar-refractivity contribution in [1.29, 1.82) is 0 Å². The van der Waals surface area contributed by atoms with Gasteiger partial charge < -0.3 is 20.1 Å². The van der Waals surface area contributed by atoms with Crippen molar-refractivity contribution in [3.63, 3.8) is 0 Å². The van der Waals surface area contributed by atoms with Gasteiger partial charge in [0.2, 0.25) is 0 Å². The maximum Gasteiger partial charge on any atom is 0.272 e. The van der Waals surface area contributed by atoms with Crippen LogP contribution in [0.4, 0.5) is 10.1 Å². The van der Waals surface area contributed by atoms with Gasteiger partial charge >= 0.3 is 0 Å². The van der Waals surface area contributed by atoms with Gasteiger partial charge in [0.1, 0.15) is 11.5 Å². The number of rotatable bonds is 7. The number of carbonyl (C=O) groups excluding carboxylic acids is 2. The van der Waals surface area contributed by atoms with Crippen LogP contribution in [0.2, 0.25) is 0 Å². The summed E-state index contributed by atoms with van der Waals surface area (Å²) in [5.74, 6) is -0.677. The van der Waals surface area contributed by atoms with E-state index >= 15 is 0 Å². The number of hydrogen-bond acceptors (Lipinski definition) is 5. The van der Waals surface area contributed by atoms with E-state index in [4.69, 9.17) is 9.47 Å². The Kier molecular flexibility index (Phi) is 6.95. The lowest BCUT2D eigenvalue weighted by molar-refractivity contribution is -0.113. The van der Waals surface area contributed by atoms with Crippen molar-refractivity contribution in [1.82, 2.24) is 10.3 Å². The highest BCUT2D eigenvalue weighted by atomic mass is 19.1. The number of halogens is 1. The number of nitrogens with one attached hydrogen (secondary N) is 2. The van der Waals surface area contributed by atoms with Gasteiger partial charge in [-0.05, 0) is 60.2 Å². The summed E-state index contributed by atoms with van der Waals surface area (Å²) in [6.45, 7) is 0. The molecule has 0 aliphatic carbocycles. The van der Waals surface area contributed by atoms with E-state index in [-0.39, 0.29) is 11.3 Å². The maximum absolute atomic E-state index is 13.1. The molecule has 0 unspecified atom stereocenters. The SMILES string of the molecule is COc1ccc(C(=O)NC(=Cc2cccnc2)C(=O)Nc2ccc(F)cc2)cc1OC. The molecule has 0 spiro atoms. The number of pyridine rings is 1. The van der Waals surface area contributed by atoms with Crippen LogP contribution < -0.4 is 20.1 Å². The van der Waals surface area contributed by atoms with Crippen molar-refractivity contribution in [3.05, 3.63) is 89.6 Å². The molecular weight excluding hydrogens is 401 g/mol. The smallest absolute Gasteiger partial charge is 0.272 e. The topological polar surface area (TPSA) is 89.5 Å². The summed E-state index contributed by atoms with van der Waals surface area (Å²) in [4.78, 5) is 29.7. The second-order valence-corrected chi connectivity index (χ2v) is 6.33. The molecule has 158 valence electrons. The van der Waals surface area contributed by atoms with E-state index in [0.717, 1.165) is 0 Å². The van der Waals surface area contributed by atoms with Gasteiger partial charge in [-0.2, -0.15) is 0 Å². The second kappa shape index (κ2) is 10.0. The monoisotopic (exact) mass is 421 g/mol. The highest BCUT2D eigenvalue weighted by molar-refractivity contribution is 6.10. The van der Waals surface area contributed by atoms with E-state index in [1.54, 1.807) is 36.7 Å². The Bertz CT molecular complexity index is 1100. The lowest BCUT2D eigenvalue weighted by Crippen LogP contribution is -2.30. The van der Waals surface area contributed by atoms with E-state index < -0.39 is 17.6 Å². The number of aromatic nitrogens is 1. The van der Waals surface area contributed by atoms with Gasteiger partial charge in [-0.15, -0.1) is 0 Å². The van der Waals surface area contributed by atoms with Crippen molar-refractivity contribution in [2.45, 2.75) is 0 Å². The Labute approximate surface area is 178 Å². The molecular formula is C23H20FN3O4. The zero-order valence-electron chi connectivity index (χ0n) is 16.9. The number of amides is 2. The van der Waals surface area contributed by atoms with Gasteiger partial charge in [0.25, 0.3) is 11.8 Å². The Balaban J connectivity index is 1.87. The van der Waals surface area contributed by atoms with Crippen LogP contribution in [0.1, 0.15) is 15.9 Å². The highest BCUT2D eigenvalue weighted by Crippen LogP contribution is 2.27. The first-order chi connectivity index (χ1) is 15.0. The Morgan fingerprint density at radius 1 is 1.00 bits per heavy atom. The molecule has 3 rings (SSSR count). The Morgan fingerprint density at radius 3 is 2.39 bits per heavy atom. The molecule has 0 saturated carbocycles. The molecule has 0 saturated heterocycles. The van der Waals surface area contributed by atoms with E-state index in [2.05, 4.69) is 15.6 Å².